The van der Waals surface area contributed by atoms with Crippen molar-refractivity contribution >= 4 is 39.1 Å². The first-order valence-electron chi connectivity index (χ1n) is 6.98. The van der Waals surface area contributed by atoms with Crippen molar-refractivity contribution in [1.82, 2.24) is 4.98 Å². The van der Waals surface area contributed by atoms with Crippen LogP contribution in [0.3, 0.4) is 0 Å². The first kappa shape index (κ1) is 17.1. The first-order valence-corrected chi connectivity index (χ1v) is 8.59. The van der Waals surface area contributed by atoms with E-state index in [4.69, 9.17) is 4.42 Å². The second-order valence-electron chi connectivity index (χ2n) is 4.93. The summed E-state index contributed by atoms with van der Waals surface area (Å²) in [5, 5.41) is 9.02. The van der Waals surface area contributed by atoms with Gasteiger partial charge >= 0.3 is 4.87 Å². The molecule has 8 heteroatoms. The Labute approximate surface area is 153 Å². The van der Waals surface area contributed by atoms with E-state index in [9.17, 15) is 19.5 Å². The van der Waals surface area contributed by atoms with Crippen LogP contribution in [-0.2, 0) is 0 Å². The quantitative estimate of drug-likeness (QED) is 0.498. The third kappa shape index (κ3) is 3.86. The van der Waals surface area contributed by atoms with Crippen molar-refractivity contribution in [1.29, 1.82) is 0 Å². The lowest BCUT2D eigenvalue weighted by Crippen LogP contribution is -2.22. The molecule has 0 bridgehead atoms. The fourth-order valence-corrected chi connectivity index (χ4v) is 2.97. The molecule has 0 saturated carbocycles. The highest BCUT2D eigenvalue weighted by molar-refractivity contribution is 9.10. The van der Waals surface area contributed by atoms with Crippen molar-refractivity contribution in [3.05, 3.63) is 78.3 Å². The van der Waals surface area contributed by atoms with Gasteiger partial charge in [0.05, 0.1) is 0 Å². The molecule has 2 aromatic heterocycles. The van der Waals surface area contributed by atoms with Gasteiger partial charge in [-0.15, -0.1) is 0 Å². The number of carbonyl (C=O) groups excluding carboxylic acids is 1. The number of H-pyrrole nitrogens is 1. The number of hydrogen-bond acceptors (Lipinski definition) is 6. The highest BCUT2D eigenvalue weighted by atomic mass is 79.9. The standard InChI is InChI=1S/C17H10BrNO5S/c18-10-3-1-9(2-4-10)13-8-6-11(24-13)5-7-12(20)14-15(21)19-17(23)25-16(14)22/h1-8,22H,(H,19,21,23)/b7-5+. The average molecular weight is 420 g/mol. The molecule has 3 aromatic rings. The molecule has 25 heavy (non-hydrogen) atoms. The fraction of sp³-hybridized carbons (Fsp3) is 0. The Morgan fingerprint density at radius 2 is 1.88 bits per heavy atom. The second-order valence-corrected chi connectivity index (χ2v) is 6.81. The number of hydrogen-bond donors (Lipinski definition) is 2. The normalized spacial score (nSPS) is 11.1. The van der Waals surface area contributed by atoms with Crippen molar-refractivity contribution in [3.63, 3.8) is 0 Å². The van der Waals surface area contributed by atoms with E-state index in [0.29, 0.717) is 22.9 Å². The summed E-state index contributed by atoms with van der Waals surface area (Å²) in [6.45, 7) is 0. The van der Waals surface area contributed by atoms with Crippen LogP contribution in [0, 0.1) is 0 Å². The van der Waals surface area contributed by atoms with E-state index in [1.807, 2.05) is 29.2 Å². The first-order chi connectivity index (χ1) is 11.9. The third-order valence-corrected chi connectivity index (χ3v) is 4.46. The van der Waals surface area contributed by atoms with Crippen molar-refractivity contribution < 1.29 is 14.3 Å². The SMILES string of the molecule is O=C(/C=C/c1ccc(-c2ccc(Br)cc2)o1)c1c(O)sc(=O)[nH]c1=O. The summed E-state index contributed by atoms with van der Waals surface area (Å²) in [4.78, 5) is 36.0. The maximum absolute atomic E-state index is 12.1. The Morgan fingerprint density at radius 3 is 2.56 bits per heavy atom. The molecule has 0 aliphatic rings. The lowest BCUT2D eigenvalue weighted by atomic mass is 10.2. The summed E-state index contributed by atoms with van der Waals surface area (Å²) in [5.41, 5.74) is -0.525. The second kappa shape index (κ2) is 7.04. The van der Waals surface area contributed by atoms with Crippen LogP contribution in [0.25, 0.3) is 17.4 Å². The van der Waals surface area contributed by atoms with E-state index < -0.39 is 26.8 Å². The fourth-order valence-electron chi connectivity index (χ4n) is 2.09. The molecule has 0 aliphatic heterocycles. The molecule has 2 N–H and O–H groups in total. The number of benzene rings is 1. The van der Waals surface area contributed by atoms with Gasteiger partial charge in [-0.3, -0.25) is 19.4 Å². The smallest absolute Gasteiger partial charge is 0.310 e. The van der Waals surface area contributed by atoms with Gasteiger partial charge in [0.25, 0.3) is 5.56 Å². The predicted molar refractivity (Wildman–Crippen MR) is 98.1 cm³/mol. The van der Waals surface area contributed by atoms with Gasteiger partial charge in [0.2, 0.25) is 0 Å². The Bertz CT molecular complexity index is 1080. The maximum atomic E-state index is 12.1. The van der Waals surface area contributed by atoms with E-state index in [1.165, 1.54) is 6.08 Å². The zero-order valence-corrected chi connectivity index (χ0v) is 14.9. The molecule has 126 valence electrons. The maximum Gasteiger partial charge on any atom is 0.310 e. The predicted octanol–water partition coefficient (Wildman–Crippen LogP) is 3.42. The van der Waals surface area contributed by atoms with Crippen LogP contribution >= 0.6 is 27.3 Å². The largest absolute Gasteiger partial charge is 0.499 e. The molecular weight excluding hydrogens is 410 g/mol. The molecule has 6 nitrogen and oxygen atoms in total. The number of nitrogens with one attached hydrogen (secondary N) is 1. The van der Waals surface area contributed by atoms with Gasteiger partial charge in [0, 0.05) is 10.0 Å². The zero-order chi connectivity index (χ0) is 18.0. The summed E-state index contributed by atoms with van der Waals surface area (Å²) in [6.07, 6.45) is 2.49. The van der Waals surface area contributed by atoms with Crippen LogP contribution in [-0.4, -0.2) is 15.9 Å². The van der Waals surface area contributed by atoms with E-state index in [2.05, 4.69) is 15.9 Å². The number of aromatic nitrogens is 1. The topological polar surface area (TPSA) is 100 Å². The molecule has 0 saturated heterocycles. The van der Waals surface area contributed by atoms with Crippen LogP contribution < -0.4 is 10.4 Å². The third-order valence-electron chi connectivity index (χ3n) is 3.25. The van der Waals surface area contributed by atoms with Gasteiger partial charge < -0.3 is 9.52 Å². The van der Waals surface area contributed by atoms with Crippen LogP contribution in [0.5, 0.6) is 5.06 Å². The summed E-state index contributed by atoms with van der Waals surface area (Å²) in [5.74, 6) is 0.307. The Morgan fingerprint density at radius 1 is 1.16 bits per heavy atom. The number of ketones is 1. The molecule has 2 heterocycles. The average Bonchev–Trinajstić information content (AvgIpc) is 3.01. The van der Waals surface area contributed by atoms with E-state index >= 15 is 0 Å². The van der Waals surface area contributed by atoms with Gasteiger partial charge in [-0.2, -0.15) is 0 Å². The van der Waals surface area contributed by atoms with Crippen LogP contribution in [0.2, 0.25) is 0 Å². The molecule has 0 fully saturated rings. The molecule has 3 rings (SSSR count). The minimum atomic E-state index is -0.925. The van der Waals surface area contributed by atoms with Crippen molar-refractivity contribution in [2.45, 2.75) is 0 Å². The summed E-state index contributed by atoms with van der Waals surface area (Å²) < 4.78 is 6.57. The number of furan rings is 1. The minimum absolute atomic E-state index is 0.388. The molecule has 1 aromatic carbocycles. The monoisotopic (exact) mass is 419 g/mol. The number of halogens is 1. The van der Waals surface area contributed by atoms with Gasteiger partial charge in [-0.1, -0.05) is 28.1 Å². The number of aromatic amines is 1. The number of aromatic hydroxyl groups is 1. The molecular formula is C17H10BrNO5S. The molecule has 0 unspecified atom stereocenters. The summed E-state index contributed by atoms with van der Waals surface area (Å²) in [6, 6.07) is 11.0. The van der Waals surface area contributed by atoms with Gasteiger partial charge in [0.15, 0.2) is 10.8 Å². The Hall–Kier alpha value is -2.71. The van der Waals surface area contributed by atoms with Gasteiger partial charge in [-0.05, 0) is 47.8 Å². The Balaban J connectivity index is 1.83. The lowest BCUT2D eigenvalue weighted by Gasteiger charge is -1.97. The molecule has 0 spiro atoms. The van der Waals surface area contributed by atoms with Crippen molar-refractivity contribution in [2.75, 3.05) is 0 Å². The van der Waals surface area contributed by atoms with Crippen LogP contribution in [0.15, 0.2) is 61.0 Å². The van der Waals surface area contributed by atoms with Gasteiger partial charge in [0.1, 0.15) is 17.1 Å². The molecule has 0 radical (unpaired) electrons. The molecule has 0 aliphatic carbocycles. The van der Waals surface area contributed by atoms with Crippen LogP contribution in [0.4, 0.5) is 0 Å². The van der Waals surface area contributed by atoms with E-state index in [-0.39, 0.29) is 0 Å². The summed E-state index contributed by atoms with van der Waals surface area (Å²) >= 11 is 3.74. The highest BCUT2D eigenvalue weighted by Gasteiger charge is 2.15. The number of carbonyl (C=O) groups is 1. The van der Waals surface area contributed by atoms with E-state index in [0.717, 1.165) is 16.1 Å². The van der Waals surface area contributed by atoms with Crippen LogP contribution in [0.1, 0.15) is 16.1 Å². The summed E-state index contributed by atoms with van der Waals surface area (Å²) in [7, 11) is 0. The number of allylic oxidation sites excluding steroid dienone is 1. The molecule has 0 amide bonds. The van der Waals surface area contributed by atoms with Crippen molar-refractivity contribution in [3.8, 4) is 16.4 Å². The lowest BCUT2D eigenvalue weighted by molar-refractivity contribution is 0.104. The highest BCUT2D eigenvalue weighted by Crippen LogP contribution is 2.24. The Kier molecular flexibility index (Phi) is 4.82. The molecule has 0 atom stereocenters. The van der Waals surface area contributed by atoms with Crippen molar-refractivity contribution in [2.24, 2.45) is 0 Å². The van der Waals surface area contributed by atoms with Gasteiger partial charge in [-0.25, -0.2) is 0 Å². The zero-order valence-electron chi connectivity index (χ0n) is 12.5. The number of rotatable bonds is 4. The van der Waals surface area contributed by atoms with E-state index in [1.54, 1.807) is 12.1 Å². The minimum Gasteiger partial charge on any atom is -0.499 e.